The molecule has 1 heterocycles. The van der Waals surface area contributed by atoms with Crippen LogP contribution in [0.25, 0.3) is 0 Å². The SMILES string of the molecule is CCCCOc1ccc(C(=O)NC(Cn2nccn2)c2ccccc2)cc1. The zero-order valence-corrected chi connectivity index (χ0v) is 15.4. The van der Waals surface area contributed by atoms with Crippen molar-refractivity contribution < 1.29 is 9.53 Å². The molecule has 1 amide bonds. The zero-order valence-electron chi connectivity index (χ0n) is 15.4. The fourth-order valence-corrected chi connectivity index (χ4v) is 2.70. The predicted molar refractivity (Wildman–Crippen MR) is 104 cm³/mol. The Hall–Kier alpha value is -3.15. The molecule has 0 radical (unpaired) electrons. The van der Waals surface area contributed by atoms with E-state index in [0.717, 1.165) is 24.2 Å². The number of amides is 1. The van der Waals surface area contributed by atoms with Gasteiger partial charge in [0.25, 0.3) is 5.91 Å². The van der Waals surface area contributed by atoms with Gasteiger partial charge in [0.15, 0.2) is 0 Å². The molecule has 0 aliphatic rings. The maximum Gasteiger partial charge on any atom is 0.251 e. The first-order chi connectivity index (χ1) is 13.3. The van der Waals surface area contributed by atoms with E-state index in [1.165, 1.54) is 0 Å². The third kappa shape index (κ3) is 5.41. The lowest BCUT2D eigenvalue weighted by Gasteiger charge is -2.19. The highest BCUT2D eigenvalue weighted by Crippen LogP contribution is 2.17. The topological polar surface area (TPSA) is 69.0 Å². The van der Waals surface area contributed by atoms with Gasteiger partial charge in [0.2, 0.25) is 0 Å². The normalized spacial score (nSPS) is 11.7. The maximum absolute atomic E-state index is 12.7. The Bertz CT molecular complexity index is 817. The number of hydrogen-bond acceptors (Lipinski definition) is 4. The molecule has 3 rings (SSSR count). The van der Waals surface area contributed by atoms with E-state index in [1.54, 1.807) is 29.3 Å². The molecule has 0 aliphatic carbocycles. The smallest absolute Gasteiger partial charge is 0.251 e. The van der Waals surface area contributed by atoms with Crippen LogP contribution < -0.4 is 10.1 Å². The number of hydrogen-bond donors (Lipinski definition) is 1. The summed E-state index contributed by atoms with van der Waals surface area (Å²) in [5.74, 6) is 0.636. The van der Waals surface area contributed by atoms with Crippen molar-refractivity contribution in [2.24, 2.45) is 0 Å². The van der Waals surface area contributed by atoms with E-state index in [1.807, 2.05) is 42.5 Å². The molecule has 140 valence electrons. The molecule has 0 saturated carbocycles. The minimum Gasteiger partial charge on any atom is -0.494 e. The molecule has 3 aromatic rings. The van der Waals surface area contributed by atoms with Gasteiger partial charge in [0.1, 0.15) is 5.75 Å². The molecule has 0 bridgehead atoms. The summed E-state index contributed by atoms with van der Waals surface area (Å²) in [4.78, 5) is 14.3. The molecule has 0 saturated heterocycles. The molecule has 1 unspecified atom stereocenters. The average Bonchev–Trinajstić information content (AvgIpc) is 3.22. The first kappa shape index (κ1) is 18.6. The second-order valence-electron chi connectivity index (χ2n) is 6.25. The molecular formula is C21H24N4O2. The fraction of sp³-hybridized carbons (Fsp3) is 0.286. The molecule has 2 aromatic carbocycles. The van der Waals surface area contributed by atoms with Crippen molar-refractivity contribution in [1.82, 2.24) is 20.3 Å². The highest BCUT2D eigenvalue weighted by atomic mass is 16.5. The van der Waals surface area contributed by atoms with Crippen LogP contribution >= 0.6 is 0 Å². The third-order valence-electron chi connectivity index (χ3n) is 4.20. The third-order valence-corrected chi connectivity index (χ3v) is 4.20. The van der Waals surface area contributed by atoms with Crippen LogP contribution in [0.15, 0.2) is 67.0 Å². The maximum atomic E-state index is 12.7. The number of ether oxygens (including phenoxy) is 1. The number of benzene rings is 2. The van der Waals surface area contributed by atoms with Crippen LogP contribution in [0, 0.1) is 0 Å². The van der Waals surface area contributed by atoms with Crippen LogP contribution in [0.1, 0.15) is 41.7 Å². The van der Waals surface area contributed by atoms with Crippen molar-refractivity contribution in [1.29, 1.82) is 0 Å². The van der Waals surface area contributed by atoms with Gasteiger partial charge in [-0.2, -0.15) is 15.0 Å². The van der Waals surface area contributed by atoms with Gasteiger partial charge in [-0.05, 0) is 36.2 Å². The number of nitrogens with one attached hydrogen (secondary N) is 1. The molecule has 27 heavy (non-hydrogen) atoms. The Morgan fingerprint density at radius 3 is 2.44 bits per heavy atom. The first-order valence-corrected chi connectivity index (χ1v) is 9.19. The summed E-state index contributed by atoms with van der Waals surface area (Å²) in [6.45, 7) is 3.27. The second-order valence-corrected chi connectivity index (χ2v) is 6.25. The monoisotopic (exact) mass is 364 g/mol. The molecule has 1 atom stereocenters. The number of carbonyl (C=O) groups excluding carboxylic acids is 1. The van der Waals surface area contributed by atoms with E-state index < -0.39 is 0 Å². The largest absolute Gasteiger partial charge is 0.494 e. The Morgan fingerprint density at radius 2 is 1.78 bits per heavy atom. The zero-order chi connectivity index (χ0) is 18.9. The summed E-state index contributed by atoms with van der Waals surface area (Å²) >= 11 is 0. The van der Waals surface area contributed by atoms with E-state index >= 15 is 0 Å². The fourth-order valence-electron chi connectivity index (χ4n) is 2.70. The van der Waals surface area contributed by atoms with Gasteiger partial charge in [-0.3, -0.25) is 4.79 Å². The van der Waals surface area contributed by atoms with E-state index in [4.69, 9.17) is 4.74 Å². The summed E-state index contributed by atoms with van der Waals surface area (Å²) in [6, 6.07) is 16.8. The summed E-state index contributed by atoms with van der Waals surface area (Å²) in [5.41, 5.74) is 1.59. The van der Waals surface area contributed by atoms with Crippen molar-refractivity contribution in [3.8, 4) is 5.75 Å². The number of carbonyl (C=O) groups is 1. The molecule has 6 heteroatoms. The van der Waals surface area contributed by atoms with Gasteiger partial charge >= 0.3 is 0 Å². The molecule has 0 fully saturated rings. The lowest BCUT2D eigenvalue weighted by Crippen LogP contribution is -2.32. The summed E-state index contributed by atoms with van der Waals surface area (Å²) in [7, 11) is 0. The van der Waals surface area contributed by atoms with Crippen LogP contribution in [0.2, 0.25) is 0 Å². The van der Waals surface area contributed by atoms with E-state index in [9.17, 15) is 4.79 Å². The second kappa shape index (κ2) is 9.52. The molecular weight excluding hydrogens is 340 g/mol. The van der Waals surface area contributed by atoms with Crippen LogP contribution in [-0.2, 0) is 6.54 Å². The Kier molecular flexibility index (Phi) is 6.57. The molecule has 1 aromatic heterocycles. The Labute approximate surface area is 159 Å². The predicted octanol–water partition coefficient (Wildman–Crippen LogP) is 3.63. The lowest BCUT2D eigenvalue weighted by atomic mass is 10.1. The number of nitrogens with zero attached hydrogens (tertiary/aromatic N) is 3. The summed E-state index contributed by atoms with van der Waals surface area (Å²) in [5, 5.41) is 11.4. The van der Waals surface area contributed by atoms with E-state index in [0.29, 0.717) is 18.7 Å². The van der Waals surface area contributed by atoms with Gasteiger partial charge in [-0.15, -0.1) is 0 Å². The highest BCUT2D eigenvalue weighted by molar-refractivity contribution is 5.94. The van der Waals surface area contributed by atoms with Crippen LogP contribution in [-0.4, -0.2) is 27.5 Å². The van der Waals surface area contributed by atoms with Gasteiger partial charge in [0, 0.05) is 5.56 Å². The minimum atomic E-state index is -0.230. The van der Waals surface area contributed by atoms with Gasteiger partial charge in [0.05, 0.1) is 31.6 Å². The van der Waals surface area contributed by atoms with Gasteiger partial charge in [-0.1, -0.05) is 43.7 Å². The van der Waals surface area contributed by atoms with Crippen LogP contribution in [0.4, 0.5) is 0 Å². The van der Waals surface area contributed by atoms with Crippen molar-refractivity contribution in [3.05, 3.63) is 78.1 Å². The minimum absolute atomic E-state index is 0.142. The lowest BCUT2D eigenvalue weighted by molar-refractivity contribution is 0.0930. The molecule has 1 N–H and O–H groups in total. The van der Waals surface area contributed by atoms with Gasteiger partial charge < -0.3 is 10.1 Å². The van der Waals surface area contributed by atoms with Crippen LogP contribution in [0.3, 0.4) is 0 Å². The standard InChI is InChI=1S/C21H24N4O2/c1-2-3-15-27-19-11-9-18(10-12-19)21(26)24-20(16-25-22-13-14-23-25)17-7-5-4-6-8-17/h4-14,20H,2-3,15-16H2,1H3,(H,24,26). The average molecular weight is 364 g/mol. The van der Waals surface area contributed by atoms with Crippen molar-refractivity contribution in [2.45, 2.75) is 32.4 Å². The Balaban J connectivity index is 1.68. The van der Waals surface area contributed by atoms with Gasteiger partial charge in [-0.25, -0.2) is 0 Å². The molecule has 0 spiro atoms. The van der Waals surface area contributed by atoms with Crippen molar-refractivity contribution in [3.63, 3.8) is 0 Å². The summed E-state index contributed by atoms with van der Waals surface area (Å²) < 4.78 is 5.65. The number of unbranched alkanes of at least 4 members (excludes halogenated alkanes) is 1. The van der Waals surface area contributed by atoms with E-state index in [-0.39, 0.29) is 11.9 Å². The Morgan fingerprint density at radius 1 is 1.07 bits per heavy atom. The van der Waals surface area contributed by atoms with Crippen molar-refractivity contribution >= 4 is 5.91 Å². The van der Waals surface area contributed by atoms with Crippen LogP contribution in [0.5, 0.6) is 5.75 Å². The highest BCUT2D eigenvalue weighted by Gasteiger charge is 2.17. The quantitative estimate of drug-likeness (QED) is 0.589. The van der Waals surface area contributed by atoms with Crippen molar-refractivity contribution in [2.75, 3.05) is 6.61 Å². The number of rotatable bonds is 9. The number of aromatic nitrogens is 3. The first-order valence-electron chi connectivity index (χ1n) is 9.19. The summed E-state index contributed by atoms with van der Waals surface area (Å²) in [6.07, 6.45) is 5.36. The molecule has 0 aliphatic heterocycles. The van der Waals surface area contributed by atoms with E-state index in [2.05, 4.69) is 22.4 Å². The molecule has 6 nitrogen and oxygen atoms in total.